The Morgan fingerprint density at radius 1 is 1.25 bits per heavy atom. The smallest absolute Gasteiger partial charge is 0.407 e. The number of aliphatic hydroxyl groups is 1. The number of amides is 1. The molecule has 2 aliphatic rings. The first-order valence-corrected chi connectivity index (χ1v) is 9.93. The summed E-state index contributed by atoms with van der Waals surface area (Å²) in [5.41, 5.74) is 1.54. The van der Waals surface area contributed by atoms with Crippen molar-refractivity contribution in [3.05, 3.63) is 47.5 Å². The third-order valence-electron chi connectivity index (χ3n) is 5.43. The summed E-state index contributed by atoms with van der Waals surface area (Å²) in [5.74, 6) is -0.853. The van der Waals surface area contributed by atoms with Crippen molar-refractivity contribution < 1.29 is 24.1 Å². The van der Waals surface area contributed by atoms with Gasteiger partial charge in [0.1, 0.15) is 12.7 Å². The fraction of sp³-hybridized carbons (Fsp3) is 0.591. The number of rotatable bonds is 7. The van der Waals surface area contributed by atoms with Crippen LogP contribution in [0.3, 0.4) is 0 Å². The van der Waals surface area contributed by atoms with Crippen molar-refractivity contribution in [1.29, 1.82) is 0 Å². The first-order chi connectivity index (χ1) is 13.3. The SMILES string of the molecule is CCC(C)C(NC(=O)OCc1ccccc1)C(O)C1=CC12OCC(C)(C)CO2. The third kappa shape index (κ3) is 4.74. The summed E-state index contributed by atoms with van der Waals surface area (Å²) in [7, 11) is 0. The molecule has 3 atom stereocenters. The number of ether oxygens (including phenoxy) is 3. The van der Waals surface area contributed by atoms with Gasteiger partial charge in [0.2, 0.25) is 5.79 Å². The summed E-state index contributed by atoms with van der Waals surface area (Å²) in [5, 5.41) is 13.8. The number of benzene rings is 1. The molecule has 1 saturated heterocycles. The number of nitrogens with one attached hydrogen (secondary N) is 1. The molecular weight excluding hydrogens is 358 g/mol. The first-order valence-electron chi connectivity index (χ1n) is 9.93. The van der Waals surface area contributed by atoms with Crippen LogP contribution in [0.25, 0.3) is 0 Å². The Bertz CT molecular complexity index is 705. The maximum Gasteiger partial charge on any atom is 0.407 e. The van der Waals surface area contributed by atoms with E-state index in [2.05, 4.69) is 19.2 Å². The molecule has 6 heteroatoms. The Labute approximate surface area is 166 Å². The number of alkyl carbamates (subject to hydrolysis) is 1. The van der Waals surface area contributed by atoms with Crippen molar-refractivity contribution in [1.82, 2.24) is 5.32 Å². The first kappa shape index (κ1) is 20.8. The zero-order valence-electron chi connectivity index (χ0n) is 17.1. The highest BCUT2D eigenvalue weighted by molar-refractivity contribution is 5.68. The fourth-order valence-electron chi connectivity index (χ4n) is 3.28. The number of hydrogen-bond acceptors (Lipinski definition) is 5. The normalized spacial score (nSPS) is 22.7. The summed E-state index contributed by atoms with van der Waals surface area (Å²) >= 11 is 0. The van der Waals surface area contributed by atoms with Crippen LogP contribution in [0.5, 0.6) is 0 Å². The lowest BCUT2D eigenvalue weighted by atomic mass is 9.92. The van der Waals surface area contributed by atoms with E-state index >= 15 is 0 Å². The zero-order valence-corrected chi connectivity index (χ0v) is 17.1. The molecule has 1 amide bonds. The third-order valence-corrected chi connectivity index (χ3v) is 5.43. The molecule has 3 rings (SSSR count). The van der Waals surface area contributed by atoms with Gasteiger partial charge in [-0.15, -0.1) is 0 Å². The minimum atomic E-state index is -0.906. The van der Waals surface area contributed by atoms with Gasteiger partial charge in [0.15, 0.2) is 0 Å². The molecule has 1 fully saturated rings. The largest absolute Gasteiger partial charge is 0.445 e. The van der Waals surface area contributed by atoms with Gasteiger partial charge in [-0.1, -0.05) is 64.4 Å². The predicted molar refractivity (Wildman–Crippen MR) is 106 cm³/mol. The van der Waals surface area contributed by atoms with Crippen LogP contribution in [0, 0.1) is 11.3 Å². The highest BCUT2D eigenvalue weighted by Crippen LogP contribution is 2.47. The predicted octanol–water partition coefficient (Wildman–Crippen LogP) is 3.40. The van der Waals surface area contributed by atoms with Crippen molar-refractivity contribution in [3.8, 4) is 0 Å². The second-order valence-electron chi connectivity index (χ2n) is 8.57. The molecule has 3 unspecified atom stereocenters. The molecule has 0 radical (unpaired) electrons. The fourth-order valence-corrected chi connectivity index (χ4v) is 3.28. The van der Waals surface area contributed by atoms with Gasteiger partial charge in [0, 0.05) is 11.0 Å². The van der Waals surface area contributed by atoms with Gasteiger partial charge in [-0.2, -0.15) is 0 Å². The van der Waals surface area contributed by atoms with E-state index in [-0.39, 0.29) is 17.9 Å². The molecular formula is C22H31NO5. The van der Waals surface area contributed by atoms with Gasteiger partial charge in [-0.05, 0) is 17.6 Å². The molecule has 0 saturated carbocycles. The van der Waals surface area contributed by atoms with Gasteiger partial charge in [-0.25, -0.2) is 4.79 Å². The summed E-state index contributed by atoms with van der Waals surface area (Å²) in [6.45, 7) is 9.46. The minimum absolute atomic E-state index is 0.0483. The highest BCUT2D eigenvalue weighted by Gasteiger charge is 2.55. The second kappa shape index (κ2) is 8.23. The molecule has 1 aromatic rings. The zero-order chi connectivity index (χ0) is 20.4. The lowest BCUT2D eigenvalue weighted by molar-refractivity contribution is -0.233. The van der Waals surface area contributed by atoms with Crippen molar-refractivity contribution in [3.63, 3.8) is 0 Å². The molecule has 6 nitrogen and oxygen atoms in total. The van der Waals surface area contributed by atoms with Crippen LogP contribution in [-0.4, -0.2) is 42.3 Å². The second-order valence-corrected chi connectivity index (χ2v) is 8.57. The Kier molecular flexibility index (Phi) is 6.12. The maximum atomic E-state index is 12.3. The summed E-state index contributed by atoms with van der Waals surface area (Å²) in [6.07, 6.45) is 1.17. The molecule has 1 aliphatic heterocycles. The molecule has 1 aromatic carbocycles. The van der Waals surface area contributed by atoms with E-state index < -0.39 is 24.0 Å². The summed E-state index contributed by atoms with van der Waals surface area (Å²) in [6, 6.07) is 9.01. The molecule has 0 aromatic heterocycles. The summed E-state index contributed by atoms with van der Waals surface area (Å²) in [4.78, 5) is 12.3. The Morgan fingerprint density at radius 3 is 2.50 bits per heavy atom. The number of carbonyl (C=O) groups excluding carboxylic acids is 1. The van der Waals surface area contributed by atoms with Gasteiger partial charge >= 0.3 is 6.09 Å². The van der Waals surface area contributed by atoms with Crippen LogP contribution >= 0.6 is 0 Å². The van der Waals surface area contributed by atoms with E-state index in [1.165, 1.54) is 0 Å². The van der Waals surface area contributed by atoms with Crippen LogP contribution < -0.4 is 5.32 Å². The molecule has 1 aliphatic carbocycles. The molecule has 28 heavy (non-hydrogen) atoms. The van der Waals surface area contributed by atoms with E-state index in [0.29, 0.717) is 18.8 Å². The highest BCUT2D eigenvalue weighted by atomic mass is 16.7. The average Bonchev–Trinajstić information content (AvgIpc) is 3.41. The maximum absolute atomic E-state index is 12.3. The average molecular weight is 389 g/mol. The number of aliphatic hydroxyl groups excluding tert-OH is 1. The quantitative estimate of drug-likeness (QED) is 0.699. The van der Waals surface area contributed by atoms with Crippen LogP contribution in [0.4, 0.5) is 4.79 Å². The Hall–Kier alpha value is -1.89. The van der Waals surface area contributed by atoms with E-state index in [4.69, 9.17) is 14.2 Å². The number of hydrogen-bond donors (Lipinski definition) is 2. The van der Waals surface area contributed by atoms with Crippen LogP contribution in [0.1, 0.15) is 39.7 Å². The molecule has 1 spiro atoms. The lowest BCUT2D eigenvalue weighted by Gasteiger charge is -2.37. The Balaban J connectivity index is 1.58. The van der Waals surface area contributed by atoms with E-state index in [9.17, 15) is 9.90 Å². The van der Waals surface area contributed by atoms with Gasteiger partial charge in [0.25, 0.3) is 0 Å². The molecule has 2 N–H and O–H groups in total. The monoisotopic (exact) mass is 389 g/mol. The van der Waals surface area contributed by atoms with Crippen LogP contribution in [-0.2, 0) is 20.8 Å². The summed E-state index contributed by atoms with van der Waals surface area (Å²) < 4.78 is 17.1. The number of carbonyl (C=O) groups is 1. The van der Waals surface area contributed by atoms with Crippen molar-refractivity contribution >= 4 is 6.09 Å². The van der Waals surface area contributed by atoms with Gasteiger partial charge in [0.05, 0.1) is 19.3 Å². The minimum Gasteiger partial charge on any atom is -0.445 e. The van der Waals surface area contributed by atoms with E-state index in [1.807, 2.05) is 44.2 Å². The van der Waals surface area contributed by atoms with Crippen LogP contribution in [0.2, 0.25) is 0 Å². The van der Waals surface area contributed by atoms with Crippen molar-refractivity contribution in [2.75, 3.05) is 13.2 Å². The van der Waals surface area contributed by atoms with Gasteiger partial charge in [-0.3, -0.25) is 0 Å². The van der Waals surface area contributed by atoms with E-state index in [1.54, 1.807) is 6.08 Å². The molecule has 154 valence electrons. The van der Waals surface area contributed by atoms with Crippen molar-refractivity contribution in [2.45, 2.75) is 58.7 Å². The van der Waals surface area contributed by atoms with Crippen molar-refractivity contribution in [2.24, 2.45) is 11.3 Å². The topological polar surface area (TPSA) is 77.0 Å². The van der Waals surface area contributed by atoms with Gasteiger partial charge < -0.3 is 24.6 Å². The van der Waals surface area contributed by atoms with E-state index in [0.717, 1.165) is 12.0 Å². The van der Waals surface area contributed by atoms with Crippen LogP contribution in [0.15, 0.2) is 42.0 Å². The molecule has 0 bridgehead atoms. The Morgan fingerprint density at radius 2 is 1.89 bits per heavy atom. The molecule has 1 heterocycles. The standard InChI is InChI=1S/C22H31NO5/c1-5-15(2)18(23-20(25)26-12-16-9-7-6-8-10-16)19(24)17-11-22(17)27-13-21(3,4)14-28-22/h6-11,15,18-19,24H,5,12-14H2,1-4H3,(H,23,25). The lowest BCUT2D eigenvalue weighted by Crippen LogP contribution is -2.50.